The van der Waals surface area contributed by atoms with E-state index in [1.807, 2.05) is 24.3 Å². The second kappa shape index (κ2) is 24.8. The first-order chi connectivity index (χ1) is 35.9. The molecule has 0 radical (unpaired) electrons. The Hall–Kier alpha value is -6.02. The van der Waals surface area contributed by atoms with Gasteiger partial charge in [0, 0.05) is 24.2 Å². The number of hydrogen-bond donors (Lipinski definition) is 7. The molecule has 5 aromatic carbocycles. The molecular formula is C57H65BClFN4O11. The average Bonchev–Trinajstić information content (AvgIpc) is 4.30. The fraction of sp³-hybridized carbons (Fsp3) is 0.404. The fourth-order valence-electron chi connectivity index (χ4n) is 9.15. The molecule has 5 aromatic rings. The Kier molecular flexibility index (Phi) is 18.2. The van der Waals surface area contributed by atoms with E-state index < -0.39 is 66.2 Å². The first-order valence-corrected chi connectivity index (χ1v) is 26.1. The lowest BCUT2D eigenvalue weighted by atomic mass is 9.80. The molecule has 2 aliphatic heterocycles. The number of nitrogens with zero attached hydrogens (tertiary/aromatic N) is 2. The van der Waals surface area contributed by atoms with Crippen molar-refractivity contribution >= 4 is 47.6 Å². The standard InChI is InChI=1S/C33H37FN2O5.C24H28BClN2O6/c1-33(2,40)25-12-9-22(10-13-25)21-5-7-23(8-6-21)31(38)32(39)35-28(20-36-17-3-4-18-36)30(37)24-11-16-29(27(34)19-24)41-26-14-15-26;26-19-13-16(5-10-21(19)34-18-8-9-18)22(29)20(14-28-11-1-2-12-28)27-24(31)23(30)15-3-6-17(7-4-15)25(32)33/h5-13,16,19,26,28,30,37,40H,3-4,14-15,17-18,20H2,1-2H3,(H,35,39);3-7,10,13,18,20,22,29,32-33H,1-2,8-9,11-12,14H2,(H,27,31)/t28-,30-;20-,22-/m11/s1. The summed E-state index contributed by atoms with van der Waals surface area (Å²) >= 11 is 6.37. The molecule has 7 N–H and O–H groups in total. The molecule has 2 heterocycles. The zero-order valence-electron chi connectivity index (χ0n) is 42.2. The summed E-state index contributed by atoms with van der Waals surface area (Å²) in [5, 5.41) is 56.8. The normalized spacial score (nSPS) is 17.5. The van der Waals surface area contributed by atoms with E-state index in [-0.39, 0.29) is 34.5 Å². The first-order valence-electron chi connectivity index (χ1n) is 25.7. The fourth-order valence-corrected chi connectivity index (χ4v) is 9.38. The van der Waals surface area contributed by atoms with Crippen LogP contribution in [0.4, 0.5) is 4.39 Å². The topological polar surface area (TPSA) is 218 Å². The van der Waals surface area contributed by atoms with Gasteiger partial charge in [0.05, 0.1) is 34.9 Å². The number of amides is 2. The molecule has 75 heavy (non-hydrogen) atoms. The third-order valence-electron chi connectivity index (χ3n) is 13.9. The molecule has 396 valence electrons. The summed E-state index contributed by atoms with van der Waals surface area (Å²) in [6.45, 7) is 7.53. The molecule has 2 amide bonds. The van der Waals surface area contributed by atoms with Gasteiger partial charge in [0.25, 0.3) is 11.8 Å². The predicted octanol–water partition coefficient (Wildman–Crippen LogP) is 5.82. The van der Waals surface area contributed by atoms with Gasteiger partial charge >= 0.3 is 7.12 Å². The lowest BCUT2D eigenvalue weighted by molar-refractivity contribution is -0.119. The maximum Gasteiger partial charge on any atom is 0.488 e. The summed E-state index contributed by atoms with van der Waals surface area (Å²) in [6.07, 6.45) is 5.86. The van der Waals surface area contributed by atoms with Gasteiger partial charge in [-0.15, -0.1) is 0 Å². The SMILES string of the molecule is CC(C)(O)c1ccc(-c2ccc(C(=O)C(=O)N[C@H](CN3CCCC3)[C@H](O)c3ccc(OC4CC4)c(F)c3)cc2)cc1.O=C(N[C@H](CN1CCCC1)[C@H](O)c1ccc(OC2CC2)c(Cl)c1)C(=O)c1ccc(B(O)O)cc1. The van der Waals surface area contributed by atoms with Gasteiger partial charge in [-0.1, -0.05) is 96.5 Å². The average molecular weight is 1050 g/mol. The number of likely N-dealkylation sites (tertiary alicyclic amines) is 2. The van der Waals surface area contributed by atoms with Crippen LogP contribution in [0.2, 0.25) is 5.02 Å². The minimum absolute atomic E-state index is 0.0433. The highest BCUT2D eigenvalue weighted by molar-refractivity contribution is 6.58. The van der Waals surface area contributed by atoms with E-state index in [0.29, 0.717) is 35.0 Å². The number of carbonyl (C=O) groups is 4. The number of carbonyl (C=O) groups excluding carboxylic acids is 4. The number of halogens is 2. The molecule has 0 unspecified atom stereocenters. The quantitative estimate of drug-likeness (QED) is 0.0263. The smallest absolute Gasteiger partial charge is 0.488 e. The van der Waals surface area contributed by atoms with Crippen molar-refractivity contribution in [3.63, 3.8) is 0 Å². The number of aliphatic hydroxyl groups is 3. The molecule has 15 nitrogen and oxygen atoms in total. The Morgan fingerprint density at radius 2 is 1.05 bits per heavy atom. The number of nitrogens with one attached hydrogen (secondary N) is 2. The number of ketones is 2. The van der Waals surface area contributed by atoms with Crippen LogP contribution in [-0.2, 0) is 15.2 Å². The summed E-state index contributed by atoms with van der Waals surface area (Å²) < 4.78 is 26.0. The van der Waals surface area contributed by atoms with Crippen molar-refractivity contribution in [1.82, 2.24) is 20.4 Å². The Bertz CT molecular complexity index is 2780. The van der Waals surface area contributed by atoms with Gasteiger partial charge in [0.1, 0.15) is 18.0 Å². The Morgan fingerprint density at radius 3 is 1.47 bits per heavy atom. The number of aliphatic hydroxyl groups excluding tert-OH is 2. The van der Waals surface area contributed by atoms with Crippen molar-refractivity contribution in [3.8, 4) is 22.6 Å². The molecule has 4 aliphatic rings. The second-order valence-electron chi connectivity index (χ2n) is 20.4. The Morgan fingerprint density at radius 1 is 0.640 bits per heavy atom. The maximum atomic E-state index is 14.7. The molecule has 4 atom stereocenters. The van der Waals surface area contributed by atoms with Gasteiger partial charge in [-0.25, -0.2) is 4.39 Å². The van der Waals surface area contributed by atoms with Crippen molar-refractivity contribution in [2.24, 2.45) is 0 Å². The molecule has 2 aliphatic carbocycles. The number of hydrogen-bond acceptors (Lipinski definition) is 13. The predicted molar refractivity (Wildman–Crippen MR) is 282 cm³/mol. The summed E-state index contributed by atoms with van der Waals surface area (Å²) in [5.74, 6) is -3.02. The molecule has 0 aromatic heterocycles. The zero-order chi connectivity index (χ0) is 53.4. The minimum atomic E-state index is -1.66. The highest BCUT2D eigenvalue weighted by Crippen LogP contribution is 2.35. The molecule has 0 spiro atoms. The third-order valence-corrected chi connectivity index (χ3v) is 14.2. The van der Waals surface area contributed by atoms with Gasteiger partial charge in [-0.3, -0.25) is 19.2 Å². The van der Waals surface area contributed by atoms with Crippen molar-refractivity contribution in [1.29, 1.82) is 0 Å². The van der Waals surface area contributed by atoms with Crippen molar-refractivity contribution in [2.45, 2.75) is 107 Å². The number of benzene rings is 5. The van der Waals surface area contributed by atoms with Crippen LogP contribution >= 0.6 is 11.6 Å². The summed E-state index contributed by atoms with van der Waals surface area (Å²) in [4.78, 5) is 55.9. The Labute approximate surface area is 441 Å². The summed E-state index contributed by atoms with van der Waals surface area (Å²) in [6, 6.07) is 27.6. The van der Waals surface area contributed by atoms with E-state index in [4.69, 9.17) is 21.1 Å². The summed E-state index contributed by atoms with van der Waals surface area (Å²) in [7, 11) is -1.66. The van der Waals surface area contributed by atoms with Crippen LogP contribution in [0.5, 0.6) is 11.5 Å². The highest BCUT2D eigenvalue weighted by Gasteiger charge is 2.33. The third kappa shape index (κ3) is 15.1. The van der Waals surface area contributed by atoms with Crippen LogP contribution in [0.1, 0.15) is 115 Å². The minimum Gasteiger partial charge on any atom is -0.489 e. The summed E-state index contributed by atoms with van der Waals surface area (Å²) in [5.41, 5.74) is 3.01. The monoisotopic (exact) mass is 1050 g/mol. The van der Waals surface area contributed by atoms with E-state index >= 15 is 0 Å². The van der Waals surface area contributed by atoms with Crippen LogP contribution in [0.15, 0.2) is 109 Å². The van der Waals surface area contributed by atoms with E-state index in [9.17, 15) is 48.9 Å². The van der Waals surface area contributed by atoms with Crippen LogP contribution in [0.25, 0.3) is 11.1 Å². The number of rotatable bonds is 21. The lowest BCUT2D eigenvalue weighted by Gasteiger charge is -2.28. The van der Waals surface area contributed by atoms with E-state index in [2.05, 4.69) is 20.4 Å². The zero-order valence-corrected chi connectivity index (χ0v) is 42.9. The van der Waals surface area contributed by atoms with E-state index in [1.54, 1.807) is 62.4 Å². The number of Topliss-reactive ketones (excluding diaryl/α,β-unsaturated/α-hetero) is 2. The van der Waals surface area contributed by atoms with Gasteiger partial charge in [-0.2, -0.15) is 0 Å². The molecule has 2 saturated heterocycles. The lowest BCUT2D eigenvalue weighted by Crippen LogP contribution is -2.48. The largest absolute Gasteiger partial charge is 0.489 e. The molecule has 2 saturated carbocycles. The van der Waals surface area contributed by atoms with Crippen molar-refractivity contribution < 1.29 is 58.4 Å². The van der Waals surface area contributed by atoms with Gasteiger partial charge in [0.2, 0.25) is 11.6 Å². The van der Waals surface area contributed by atoms with Crippen molar-refractivity contribution in [3.05, 3.63) is 148 Å². The Balaban J connectivity index is 0.000000203. The molecule has 0 bridgehead atoms. The molecular weight excluding hydrogens is 982 g/mol. The van der Waals surface area contributed by atoms with Gasteiger partial charge in [0.15, 0.2) is 11.6 Å². The van der Waals surface area contributed by atoms with Crippen molar-refractivity contribution in [2.75, 3.05) is 39.3 Å². The molecule has 9 rings (SSSR count). The van der Waals surface area contributed by atoms with Crippen LogP contribution in [0, 0.1) is 5.82 Å². The number of ether oxygens (including phenoxy) is 2. The first kappa shape index (κ1) is 55.2. The van der Waals surface area contributed by atoms with Gasteiger partial charge < -0.3 is 55.3 Å². The molecule has 18 heteroatoms. The molecule has 4 fully saturated rings. The second-order valence-corrected chi connectivity index (χ2v) is 20.9. The van der Waals surface area contributed by atoms with Gasteiger partial charge in [-0.05, 0) is 149 Å². The van der Waals surface area contributed by atoms with E-state index in [0.717, 1.165) is 94.2 Å². The van der Waals surface area contributed by atoms with E-state index in [1.165, 1.54) is 36.4 Å². The van der Waals surface area contributed by atoms with Crippen LogP contribution in [0.3, 0.4) is 0 Å². The maximum absolute atomic E-state index is 14.7. The van der Waals surface area contributed by atoms with Crippen LogP contribution < -0.4 is 25.6 Å². The highest BCUT2D eigenvalue weighted by atomic mass is 35.5. The van der Waals surface area contributed by atoms with Crippen LogP contribution in [-0.4, -0.2) is 129 Å².